The van der Waals surface area contributed by atoms with Gasteiger partial charge in [-0.25, -0.2) is 9.67 Å². The Bertz CT molecular complexity index is 333. The molecule has 0 spiro atoms. The van der Waals surface area contributed by atoms with E-state index in [2.05, 4.69) is 23.9 Å². The lowest BCUT2D eigenvalue weighted by atomic mass is 10.0. The van der Waals surface area contributed by atoms with Crippen molar-refractivity contribution in [3.8, 4) is 0 Å². The predicted octanol–water partition coefficient (Wildman–Crippen LogP) is 1.03. The Morgan fingerprint density at radius 2 is 2.33 bits per heavy atom. The third-order valence-corrected chi connectivity index (χ3v) is 2.85. The molecule has 0 amide bonds. The molecule has 0 aliphatic carbocycles. The SMILES string of the molecule is CC(C)Cc1nc2n(n1)CC(CO)CC2. The molecular formula is C11H19N3O. The molecule has 0 fully saturated rings. The summed E-state index contributed by atoms with van der Waals surface area (Å²) in [4.78, 5) is 4.53. The summed E-state index contributed by atoms with van der Waals surface area (Å²) in [6, 6.07) is 0. The molecule has 4 nitrogen and oxygen atoms in total. The van der Waals surface area contributed by atoms with Crippen molar-refractivity contribution in [3.05, 3.63) is 11.6 Å². The summed E-state index contributed by atoms with van der Waals surface area (Å²) in [5.74, 6) is 3.02. The summed E-state index contributed by atoms with van der Waals surface area (Å²) < 4.78 is 1.97. The number of hydrogen-bond acceptors (Lipinski definition) is 3. The Morgan fingerprint density at radius 1 is 1.53 bits per heavy atom. The van der Waals surface area contributed by atoms with E-state index in [0.717, 1.165) is 37.5 Å². The highest BCUT2D eigenvalue weighted by Gasteiger charge is 2.20. The highest BCUT2D eigenvalue weighted by Crippen LogP contribution is 2.18. The standard InChI is InChI=1S/C11H19N3O/c1-8(2)5-10-12-11-4-3-9(7-15)6-14(11)13-10/h8-9,15H,3-7H2,1-2H3. The molecule has 84 valence electrons. The summed E-state index contributed by atoms with van der Waals surface area (Å²) in [6.45, 7) is 5.45. The van der Waals surface area contributed by atoms with Crippen molar-refractivity contribution >= 4 is 0 Å². The van der Waals surface area contributed by atoms with E-state index in [1.54, 1.807) is 0 Å². The van der Waals surface area contributed by atoms with Crippen LogP contribution in [0.5, 0.6) is 0 Å². The van der Waals surface area contributed by atoms with Gasteiger partial charge in [-0.1, -0.05) is 13.8 Å². The number of fused-ring (bicyclic) bond motifs is 1. The minimum atomic E-state index is 0.263. The Hall–Kier alpha value is -0.900. The first-order valence-electron chi connectivity index (χ1n) is 5.72. The van der Waals surface area contributed by atoms with Crippen LogP contribution in [0.2, 0.25) is 0 Å². The van der Waals surface area contributed by atoms with Crippen molar-refractivity contribution < 1.29 is 5.11 Å². The Balaban J connectivity index is 2.11. The van der Waals surface area contributed by atoms with E-state index in [-0.39, 0.29) is 6.61 Å². The smallest absolute Gasteiger partial charge is 0.151 e. The van der Waals surface area contributed by atoms with Gasteiger partial charge in [0.1, 0.15) is 5.82 Å². The molecular weight excluding hydrogens is 190 g/mol. The molecule has 1 N–H and O–H groups in total. The molecule has 0 saturated heterocycles. The maximum Gasteiger partial charge on any atom is 0.151 e. The first kappa shape index (κ1) is 10.6. The summed E-state index contributed by atoms with van der Waals surface area (Å²) in [6.07, 6.45) is 2.94. The van der Waals surface area contributed by atoms with E-state index < -0.39 is 0 Å². The summed E-state index contributed by atoms with van der Waals surface area (Å²) in [7, 11) is 0. The third-order valence-electron chi connectivity index (χ3n) is 2.85. The molecule has 15 heavy (non-hydrogen) atoms. The highest BCUT2D eigenvalue weighted by atomic mass is 16.3. The van der Waals surface area contributed by atoms with Gasteiger partial charge in [-0.3, -0.25) is 0 Å². The summed E-state index contributed by atoms with van der Waals surface area (Å²) in [5, 5.41) is 13.6. The van der Waals surface area contributed by atoms with E-state index in [4.69, 9.17) is 5.11 Å². The van der Waals surface area contributed by atoms with Gasteiger partial charge in [0.2, 0.25) is 0 Å². The molecule has 1 aromatic heterocycles. The quantitative estimate of drug-likeness (QED) is 0.809. The van der Waals surface area contributed by atoms with Crippen molar-refractivity contribution in [2.45, 2.75) is 39.7 Å². The zero-order valence-electron chi connectivity index (χ0n) is 9.48. The number of aliphatic hydroxyl groups is 1. The fourth-order valence-electron chi connectivity index (χ4n) is 2.03. The van der Waals surface area contributed by atoms with Gasteiger partial charge in [-0.15, -0.1) is 0 Å². The van der Waals surface area contributed by atoms with Crippen LogP contribution in [0.3, 0.4) is 0 Å². The molecule has 0 saturated carbocycles. The molecule has 1 aliphatic rings. The lowest BCUT2D eigenvalue weighted by Gasteiger charge is -2.19. The van der Waals surface area contributed by atoms with E-state index in [1.165, 1.54) is 0 Å². The van der Waals surface area contributed by atoms with Gasteiger partial charge in [0.05, 0.1) is 0 Å². The van der Waals surface area contributed by atoms with Gasteiger partial charge >= 0.3 is 0 Å². The molecule has 1 aliphatic heterocycles. The van der Waals surface area contributed by atoms with Crippen molar-refractivity contribution in [2.75, 3.05) is 6.61 Å². The van der Waals surface area contributed by atoms with E-state index in [0.29, 0.717) is 11.8 Å². The Labute approximate surface area is 90.3 Å². The maximum absolute atomic E-state index is 9.11. The second-order valence-electron chi connectivity index (χ2n) is 4.81. The van der Waals surface area contributed by atoms with Crippen molar-refractivity contribution in [3.63, 3.8) is 0 Å². The molecule has 1 aromatic rings. The second kappa shape index (κ2) is 4.31. The second-order valence-corrected chi connectivity index (χ2v) is 4.81. The number of rotatable bonds is 3. The van der Waals surface area contributed by atoms with Gasteiger partial charge in [-0.05, 0) is 12.3 Å². The Morgan fingerprint density at radius 3 is 3.00 bits per heavy atom. The van der Waals surface area contributed by atoms with Gasteiger partial charge in [0, 0.05) is 31.9 Å². The zero-order valence-corrected chi connectivity index (χ0v) is 9.48. The molecule has 4 heteroatoms. The van der Waals surface area contributed by atoms with Crippen LogP contribution in [-0.4, -0.2) is 26.5 Å². The van der Waals surface area contributed by atoms with Gasteiger partial charge < -0.3 is 5.11 Å². The van der Waals surface area contributed by atoms with Crippen LogP contribution in [0.25, 0.3) is 0 Å². The molecule has 1 atom stereocenters. The van der Waals surface area contributed by atoms with E-state index in [9.17, 15) is 0 Å². The minimum Gasteiger partial charge on any atom is -0.396 e. The van der Waals surface area contributed by atoms with Gasteiger partial charge in [0.25, 0.3) is 0 Å². The number of aromatic nitrogens is 3. The van der Waals surface area contributed by atoms with Crippen LogP contribution in [-0.2, 0) is 19.4 Å². The first-order chi connectivity index (χ1) is 7.19. The maximum atomic E-state index is 9.11. The number of aliphatic hydroxyl groups excluding tert-OH is 1. The normalized spacial score (nSPS) is 20.7. The van der Waals surface area contributed by atoms with Crippen LogP contribution in [0.4, 0.5) is 0 Å². The third kappa shape index (κ3) is 2.37. The zero-order chi connectivity index (χ0) is 10.8. The largest absolute Gasteiger partial charge is 0.396 e. The van der Waals surface area contributed by atoms with Crippen LogP contribution in [0.15, 0.2) is 0 Å². The van der Waals surface area contributed by atoms with Crippen molar-refractivity contribution in [1.29, 1.82) is 0 Å². The molecule has 1 unspecified atom stereocenters. The lowest BCUT2D eigenvalue weighted by Crippen LogP contribution is -2.23. The van der Waals surface area contributed by atoms with Crippen LogP contribution in [0.1, 0.15) is 31.9 Å². The number of aryl methyl sites for hydroxylation is 1. The number of nitrogens with zero attached hydrogens (tertiary/aromatic N) is 3. The fourth-order valence-corrected chi connectivity index (χ4v) is 2.03. The molecule has 2 rings (SSSR count). The molecule has 0 bridgehead atoms. The molecule has 2 heterocycles. The fraction of sp³-hybridized carbons (Fsp3) is 0.818. The predicted molar refractivity (Wildman–Crippen MR) is 57.5 cm³/mol. The van der Waals surface area contributed by atoms with Crippen LogP contribution >= 0.6 is 0 Å². The van der Waals surface area contributed by atoms with E-state index in [1.807, 2.05) is 4.68 Å². The topological polar surface area (TPSA) is 50.9 Å². The highest BCUT2D eigenvalue weighted by molar-refractivity contribution is 4.97. The van der Waals surface area contributed by atoms with Crippen LogP contribution in [0, 0.1) is 11.8 Å². The van der Waals surface area contributed by atoms with Crippen molar-refractivity contribution in [2.24, 2.45) is 11.8 Å². The van der Waals surface area contributed by atoms with Gasteiger partial charge in [-0.2, -0.15) is 5.10 Å². The monoisotopic (exact) mass is 209 g/mol. The summed E-state index contributed by atoms with van der Waals surface area (Å²) in [5.41, 5.74) is 0. The average molecular weight is 209 g/mol. The van der Waals surface area contributed by atoms with Gasteiger partial charge in [0.15, 0.2) is 5.82 Å². The molecule has 0 radical (unpaired) electrons. The number of hydrogen-bond donors (Lipinski definition) is 1. The summed E-state index contributed by atoms with van der Waals surface area (Å²) >= 11 is 0. The van der Waals surface area contributed by atoms with E-state index >= 15 is 0 Å². The average Bonchev–Trinajstić information content (AvgIpc) is 2.57. The Kier molecular flexibility index (Phi) is 3.05. The lowest BCUT2D eigenvalue weighted by molar-refractivity contribution is 0.185. The minimum absolute atomic E-state index is 0.263. The first-order valence-corrected chi connectivity index (χ1v) is 5.72. The molecule has 0 aromatic carbocycles. The van der Waals surface area contributed by atoms with Crippen LogP contribution < -0.4 is 0 Å². The van der Waals surface area contributed by atoms with Crippen molar-refractivity contribution in [1.82, 2.24) is 14.8 Å².